The maximum Gasteiger partial charge on any atom is 0.494 e. The van der Waals surface area contributed by atoms with E-state index in [0.29, 0.717) is 106 Å². The van der Waals surface area contributed by atoms with Crippen molar-refractivity contribution in [2.45, 2.75) is 152 Å². The molecule has 8 heterocycles. The predicted octanol–water partition coefficient (Wildman–Crippen LogP) is 22.4. The Labute approximate surface area is 789 Å². The van der Waals surface area contributed by atoms with Gasteiger partial charge >= 0.3 is 12.8 Å². The van der Waals surface area contributed by atoms with Crippen LogP contribution < -0.4 is 48.0 Å². The summed E-state index contributed by atoms with van der Waals surface area (Å²) in [5, 5.41) is 35.7. The fraction of sp³-hybridized carbons (Fsp3) is 0.352. The number of imidazole rings is 3. The second-order valence-electron chi connectivity index (χ2n) is 33.3. The number of halogens is 8. The number of nitrogens with zero attached hydrogens (tertiary/aromatic N) is 14. The number of hydrogen-bond acceptors (Lipinski definition) is 23. The summed E-state index contributed by atoms with van der Waals surface area (Å²) in [5.41, 5.74) is 24.1. The van der Waals surface area contributed by atoms with Gasteiger partial charge in [-0.3, -0.25) is 20.2 Å². The van der Waals surface area contributed by atoms with Gasteiger partial charge in [0, 0.05) is 132 Å². The number of ether oxygens (including phenoxy) is 2. The van der Waals surface area contributed by atoms with Crippen LogP contribution >= 0.6 is 98.5 Å². The van der Waals surface area contributed by atoms with Crippen molar-refractivity contribution < 1.29 is 33.0 Å². The zero-order chi connectivity index (χ0) is 89.9. The quantitative estimate of drug-likeness (QED) is 0.0162. The highest BCUT2D eigenvalue weighted by Gasteiger charge is 2.52. The smallest absolute Gasteiger partial charge is 0.399 e. The van der Waals surface area contributed by atoms with E-state index in [1.54, 1.807) is 18.2 Å². The second kappa shape index (κ2) is 42.0. The molecule has 13 aromatic rings. The summed E-state index contributed by atoms with van der Waals surface area (Å²) in [5.74, 6) is 1.89. The molecule has 5 aromatic heterocycles. The molecular formula is C91H97BBr4Cl3FN20O8. The molecule has 22 rings (SSSR count). The lowest BCUT2D eigenvalue weighted by atomic mass is 9.79. The molecule has 0 radical (unpaired) electrons. The lowest BCUT2D eigenvalue weighted by molar-refractivity contribution is -0.387. The molecule has 28 nitrogen and oxygen atoms in total. The molecule has 37 heteroatoms. The molecule has 3 saturated heterocycles. The number of nitro benzene ring substituents is 2. The van der Waals surface area contributed by atoms with E-state index in [2.05, 4.69) is 210 Å². The predicted molar refractivity (Wildman–Crippen MR) is 522 cm³/mol. The van der Waals surface area contributed by atoms with Gasteiger partial charge in [0.1, 0.15) is 22.5 Å². The van der Waals surface area contributed by atoms with Crippen molar-refractivity contribution in [3.63, 3.8) is 0 Å². The topological polar surface area (TPSA) is 335 Å². The molecule has 0 bridgehead atoms. The minimum Gasteiger partial charge on any atom is -0.399 e. The van der Waals surface area contributed by atoms with E-state index in [1.165, 1.54) is 87.4 Å². The van der Waals surface area contributed by atoms with Crippen molar-refractivity contribution in [1.29, 1.82) is 0 Å². The first-order chi connectivity index (χ1) is 61.6. The van der Waals surface area contributed by atoms with Crippen LogP contribution in [0.15, 0.2) is 207 Å². The summed E-state index contributed by atoms with van der Waals surface area (Å²) < 4.78 is 46.1. The third kappa shape index (κ3) is 25.9. The van der Waals surface area contributed by atoms with Gasteiger partial charge in [0.05, 0.1) is 117 Å². The van der Waals surface area contributed by atoms with Crippen LogP contribution in [-0.4, -0.2) is 147 Å². The van der Waals surface area contributed by atoms with Gasteiger partial charge in [0.2, 0.25) is 17.7 Å². The van der Waals surface area contributed by atoms with Crippen LogP contribution in [0.5, 0.6) is 0 Å². The average Bonchev–Trinajstić information content (AvgIpc) is 1.62. The third-order valence-electron chi connectivity index (χ3n) is 22.3. The Hall–Kier alpha value is -9.69. The number of anilines is 9. The molecule has 0 amide bonds. The van der Waals surface area contributed by atoms with E-state index in [4.69, 9.17) is 75.0 Å². The highest BCUT2D eigenvalue weighted by Crippen LogP contribution is 2.43. The maximum absolute atomic E-state index is 12.6. The number of nitrogens with two attached hydrogens (primary N) is 2. The average molecular weight is 2050 g/mol. The fourth-order valence-corrected chi connectivity index (χ4v) is 15.5. The molecule has 9 aliphatic rings. The molecule has 8 N–H and O–H groups in total. The van der Waals surface area contributed by atoms with Crippen LogP contribution in [0.3, 0.4) is 0 Å². The zero-order valence-electron chi connectivity index (χ0n) is 70.8. The van der Waals surface area contributed by atoms with E-state index in [1.807, 2.05) is 97.8 Å². The van der Waals surface area contributed by atoms with Crippen LogP contribution in [0.25, 0.3) is 44.4 Å². The molecule has 668 valence electrons. The number of aromatic nitrogens is 10. The molecule has 0 unspecified atom stereocenters. The number of nitrogens with one attached hydrogen (secondary N) is 4. The first kappa shape index (κ1) is 93.0. The minimum atomic E-state index is -0.829. The van der Waals surface area contributed by atoms with Crippen LogP contribution in [0, 0.1) is 26.0 Å². The standard InChI is InChI=1S/C24H23ClN6O.C16H21BN2O2.C14H14Cl2N4O.C10H9BrN2.C9H9BrN2O2.C9H11BrN2.C6H3BrFNO2.C3H7N/c25-17-2-4-18(5-3-17)27-23-14-21(28-24(29-23)30-9-11-32-12-10-30)16-1-8-20-22(13-16)31(15-26-20)19-6-7-19;1-15(2)16(3,4)21-17(20-15)11-5-8-13-14(9-11)19(10-18-13)12-6-7-12;15-10-1-3-11(4-2-10)17-13-9-12(16)18-14(19-13)20-5-7-21-8-6-20;11-7-1-4-9-10(5-7)13(6-12-9)8-2-3-8;10-6-1-4-9(12(13)14)8(5-6)11-7-2-3-7;10-6-1-4-8(11)9(5-6)12-7-2-3-7;7-4-1-2-6(9(10)11)5(8)3-4;4-3-1-2-3/h1-5,8,13-15,19H,6-7,9-12H2,(H,27,28,29);5,8-10,12H,6-7H2,1-4H3;1-4,9H,5-8H2,(H,17,18,19);1,4-6,8H,2-3H2;1,4-5,7,11H,2-3H2;1,4-5,7,12H,2-3,11H2;1-3H;3H,1-2,4H2. The van der Waals surface area contributed by atoms with Crippen molar-refractivity contribution in [2.75, 3.05) is 89.4 Å². The molecule has 0 atom stereocenters. The summed E-state index contributed by atoms with van der Waals surface area (Å²) in [6.45, 7) is 14.1. The first-order valence-electron chi connectivity index (χ1n) is 42.5. The molecule has 6 saturated carbocycles. The second-order valence-corrected chi connectivity index (χ2v) is 38.2. The molecule has 3 aliphatic heterocycles. The highest BCUT2D eigenvalue weighted by atomic mass is 79.9. The maximum atomic E-state index is 12.6. The Kier molecular flexibility index (Phi) is 30.5. The Bertz CT molecular complexity index is 6040. The number of nitrogen functional groups attached to an aromatic ring is 1. The normalized spacial score (nSPS) is 17.0. The van der Waals surface area contributed by atoms with E-state index >= 15 is 0 Å². The van der Waals surface area contributed by atoms with Crippen molar-refractivity contribution in [2.24, 2.45) is 5.73 Å². The van der Waals surface area contributed by atoms with Gasteiger partial charge in [-0.15, -0.1) is 0 Å². The molecule has 6 aliphatic carbocycles. The van der Waals surface area contributed by atoms with E-state index < -0.39 is 16.4 Å². The molecule has 8 aromatic carbocycles. The van der Waals surface area contributed by atoms with Crippen molar-refractivity contribution in [1.82, 2.24) is 48.6 Å². The summed E-state index contributed by atoms with van der Waals surface area (Å²) >= 11 is 31.2. The minimum absolute atomic E-state index is 0.139. The number of rotatable bonds is 17. The lowest BCUT2D eigenvalue weighted by Crippen LogP contribution is -2.41. The van der Waals surface area contributed by atoms with Gasteiger partial charge in [-0.25, -0.2) is 24.9 Å². The van der Waals surface area contributed by atoms with Crippen molar-refractivity contribution in [3.8, 4) is 11.3 Å². The van der Waals surface area contributed by atoms with Gasteiger partial charge in [-0.1, -0.05) is 111 Å². The van der Waals surface area contributed by atoms with Gasteiger partial charge in [-0.05, 0) is 244 Å². The molecular weight excluding hydrogens is 1960 g/mol. The Morgan fingerprint density at radius 1 is 0.477 bits per heavy atom. The van der Waals surface area contributed by atoms with Gasteiger partial charge in [-0.2, -0.15) is 14.4 Å². The number of morpholine rings is 2. The Morgan fingerprint density at radius 3 is 1.37 bits per heavy atom. The number of fused-ring (bicyclic) bond motifs is 3. The van der Waals surface area contributed by atoms with E-state index in [-0.39, 0.29) is 28.9 Å². The first-order valence-corrected chi connectivity index (χ1v) is 46.8. The van der Waals surface area contributed by atoms with Crippen LogP contribution in [-0.2, 0) is 18.8 Å². The van der Waals surface area contributed by atoms with Crippen molar-refractivity contribution >= 4 is 208 Å². The third-order valence-corrected chi connectivity index (χ3v) is 25.0. The zero-order valence-corrected chi connectivity index (χ0v) is 79.4. The summed E-state index contributed by atoms with van der Waals surface area (Å²) in [6, 6.07) is 55.5. The van der Waals surface area contributed by atoms with Crippen LogP contribution in [0.1, 0.15) is 123 Å². The van der Waals surface area contributed by atoms with Crippen LogP contribution in [0.2, 0.25) is 15.2 Å². The number of hydrogen-bond donors (Lipinski definition) is 6. The largest absolute Gasteiger partial charge is 0.494 e. The molecule has 128 heavy (non-hydrogen) atoms. The molecule has 0 spiro atoms. The number of nitro groups is 2. The summed E-state index contributed by atoms with van der Waals surface area (Å²) in [6.07, 6.45) is 20.7. The Morgan fingerprint density at radius 2 is 0.891 bits per heavy atom. The van der Waals surface area contributed by atoms with Gasteiger partial charge in [0.15, 0.2) is 0 Å². The van der Waals surface area contributed by atoms with E-state index in [9.17, 15) is 24.6 Å². The van der Waals surface area contributed by atoms with Crippen molar-refractivity contribution in [3.05, 3.63) is 248 Å². The Balaban J connectivity index is 0.000000118. The van der Waals surface area contributed by atoms with Crippen LogP contribution in [0.4, 0.5) is 67.7 Å². The lowest BCUT2D eigenvalue weighted by Gasteiger charge is -2.32. The molecule has 9 fully saturated rings. The fourth-order valence-electron chi connectivity index (χ4n) is 13.6. The summed E-state index contributed by atoms with van der Waals surface area (Å²) in [4.78, 5) is 55.8. The monoisotopic (exact) mass is 2050 g/mol. The van der Waals surface area contributed by atoms with Gasteiger partial charge < -0.3 is 75.0 Å². The van der Waals surface area contributed by atoms with E-state index in [0.717, 1.165) is 132 Å². The highest BCUT2D eigenvalue weighted by molar-refractivity contribution is 9.11. The number of benzene rings is 8. The SMILES string of the molecule is Brc1ccc2ncn(C3CC3)c2c1.CC1(C)OB(c2ccc3ncn(C4CC4)c3c2)OC1(C)C.Clc1ccc(Nc2cc(-c3ccc4ncn(C5CC5)c4c3)nc(N3CCOCC3)n2)cc1.Clc1ccc(Nc2cc(Cl)nc(N3CCOCC3)n2)cc1.NC1CC1.Nc1ccc(Br)cc1NC1CC1.O=[N+]([O-])c1ccc(Br)cc1F.O=[N+]([O-])c1ccc(Br)cc1NC1CC1. The van der Waals surface area contributed by atoms with Gasteiger partial charge in [0.25, 0.3) is 5.69 Å². The summed E-state index contributed by atoms with van der Waals surface area (Å²) in [7, 11) is -0.304.